The van der Waals surface area contributed by atoms with Crippen molar-refractivity contribution in [2.75, 3.05) is 0 Å². The number of carboxylic acid groups (broad SMARTS) is 1. The van der Waals surface area contributed by atoms with Gasteiger partial charge < -0.3 is 14.8 Å². The largest absolute Gasteiger partial charge is 0.481 e. The average Bonchev–Trinajstić information content (AvgIpc) is 2.75. The Morgan fingerprint density at radius 3 is 2.53 bits per heavy atom. The molecule has 5 heteroatoms. The highest BCUT2D eigenvalue weighted by molar-refractivity contribution is 5.78. The Bertz CT molecular complexity index is 458. The van der Waals surface area contributed by atoms with Gasteiger partial charge in [0.2, 0.25) is 5.91 Å². The van der Waals surface area contributed by atoms with Crippen LogP contribution in [0, 0.1) is 12.8 Å². The van der Waals surface area contributed by atoms with Crippen molar-refractivity contribution in [2.24, 2.45) is 5.92 Å². The average molecular weight is 265 g/mol. The molecule has 1 saturated carbocycles. The molecule has 2 rings (SSSR count). The third-order valence-electron chi connectivity index (χ3n) is 3.57. The maximum Gasteiger partial charge on any atom is 0.306 e. The molecule has 0 radical (unpaired) electrons. The van der Waals surface area contributed by atoms with Gasteiger partial charge in [-0.2, -0.15) is 0 Å². The van der Waals surface area contributed by atoms with E-state index in [-0.39, 0.29) is 24.3 Å². The molecule has 1 aromatic heterocycles. The second kappa shape index (κ2) is 5.91. The number of carbonyl (C=O) groups excluding carboxylic acids is 1. The Hall–Kier alpha value is -1.78. The second-order valence-electron chi connectivity index (χ2n) is 5.14. The van der Waals surface area contributed by atoms with Crippen LogP contribution in [0.25, 0.3) is 0 Å². The van der Waals surface area contributed by atoms with Gasteiger partial charge in [-0.3, -0.25) is 9.59 Å². The molecular weight excluding hydrogens is 246 g/mol. The van der Waals surface area contributed by atoms with Crippen LogP contribution in [0.4, 0.5) is 0 Å². The lowest BCUT2D eigenvalue weighted by Crippen LogP contribution is -2.39. The van der Waals surface area contributed by atoms with Gasteiger partial charge in [-0.25, -0.2) is 0 Å². The van der Waals surface area contributed by atoms with Crippen molar-refractivity contribution in [1.82, 2.24) is 5.32 Å². The molecule has 1 aliphatic carbocycles. The number of furan rings is 1. The van der Waals surface area contributed by atoms with Crippen LogP contribution in [0.15, 0.2) is 16.5 Å². The van der Waals surface area contributed by atoms with E-state index in [9.17, 15) is 9.59 Å². The Labute approximate surface area is 112 Å². The Morgan fingerprint density at radius 2 is 2.00 bits per heavy atom. The molecule has 1 fully saturated rings. The van der Waals surface area contributed by atoms with Gasteiger partial charge in [0.15, 0.2) is 0 Å². The maximum atomic E-state index is 11.8. The molecular formula is C14H19NO4. The van der Waals surface area contributed by atoms with Gasteiger partial charge in [-0.15, -0.1) is 0 Å². The summed E-state index contributed by atoms with van der Waals surface area (Å²) in [6.07, 6.45) is 2.99. The minimum Gasteiger partial charge on any atom is -0.481 e. The molecule has 0 bridgehead atoms. The Kier molecular flexibility index (Phi) is 4.24. The first kappa shape index (κ1) is 13.6. The van der Waals surface area contributed by atoms with Crippen molar-refractivity contribution >= 4 is 11.9 Å². The van der Waals surface area contributed by atoms with E-state index in [1.54, 1.807) is 6.07 Å². The third kappa shape index (κ3) is 3.84. The Balaban J connectivity index is 1.76. The molecule has 104 valence electrons. The lowest BCUT2D eigenvalue weighted by atomic mass is 9.86. The fraction of sp³-hybridized carbons (Fsp3) is 0.571. The van der Waals surface area contributed by atoms with Crippen LogP contribution in [-0.2, 0) is 16.0 Å². The number of nitrogens with one attached hydrogen (secondary N) is 1. The van der Waals surface area contributed by atoms with E-state index >= 15 is 0 Å². The van der Waals surface area contributed by atoms with Gasteiger partial charge in [-0.1, -0.05) is 0 Å². The van der Waals surface area contributed by atoms with Crippen LogP contribution in [-0.4, -0.2) is 23.0 Å². The van der Waals surface area contributed by atoms with Crippen molar-refractivity contribution in [3.8, 4) is 0 Å². The molecule has 2 N–H and O–H groups in total. The van der Waals surface area contributed by atoms with Gasteiger partial charge in [-0.05, 0) is 44.7 Å². The smallest absolute Gasteiger partial charge is 0.306 e. The van der Waals surface area contributed by atoms with Crippen molar-refractivity contribution in [3.63, 3.8) is 0 Å². The normalized spacial score (nSPS) is 23.0. The predicted octanol–water partition coefficient (Wildman–Crippen LogP) is 1.89. The van der Waals surface area contributed by atoms with E-state index in [2.05, 4.69) is 5.32 Å². The summed E-state index contributed by atoms with van der Waals surface area (Å²) in [5.41, 5.74) is 0. The summed E-state index contributed by atoms with van der Waals surface area (Å²) in [5, 5.41) is 11.8. The molecule has 5 nitrogen and oxygen atoms in total. The molecule has 0 spiro atoms. The number of aryl methyl sites for hydroxylation is 1. The van der Waals surface area contributed by atoms with E-state index in [0.29, 0.717) is 18.6 Å². The topological polar surface area (TPSA) is 79.5 Å². The Morgan fingerprint density at radius 1 is 1.32 bits per heavy atom. The second-order valence-corrected chi connectivity index (χ2v) is 5.14. The van der Waals surface area contributed by atoms with Crippen molar-refractivity contribution in [2.45, 2.75) is 45.1 Å². The number of carbonyl (C=O) groups is 2. The summed E-state index contributed by atoms with van der Waals surface area (Å²) < 4.78 is 5.35. The van der Waals surface area contributed by atoms with Gasteiger partial charge in [0.1, 0.15) is 11.5 Å². The number of amides is 1. The van der Waals surface area contributed by atoms with Crippen LogP contribution in [0.1, 0.15) is 37.2 Å². The number of hydrogen-bond donors (Lipinski definition) is 2. The van der Waals surface area contributed by atoms with Crippen LogP contribution in [0.2, 0.25) is 0 Å². The summed E-state index contributed by atoms with van der Waals surface area (Å²) in [6.45, 7) is 1.84. The van der Waals surface area contributed by atoms with Gasteiger partial charge in [0.05, 0.1) is 12.3 Å². The van der Waals surface area contributed by atoms with E-state index in [1.165, 1.54) is 0 Å². The minimum atomic E-state index is -0.726. The number of aliphatic carboxylic acids is 1. The molecule has 19 heavy (non-hydrogen) atoms. The van der Waals surface area contributed by atoms with Crippen molar-refractivity contribution in [1.29, 1.82) is 0 Å². The maximum absolute atomic E-state index is 11.8. The lowest BCUT2D eigenvalue weighted by Gasteiger charge is -2.26. The molecule has 0 saturated heterocycles. The summed E-state index contributed by atoms with van der Waals surface area (Å²) >= 11 is 0. The van der Waals surface area contributed by atoms with Gasteiger partial charge in [0, 0.05) is 6.04 Å². The quantitative estimate of drug-likeness (QED) is 0.871. The third-order valence-corrected chi connectivity index (χ3v) is 3.57. The number of rotatable bonds is 4. The molecule has 0 aromatic carbocycles. The van der Waals surface area contributed by atoms with Crippen LogP contribution >= 0.6 is 0 Å². The molecule has 1 heterocycles. The van der Waals surface area contributed by atoms with Crippen molar-refractivity contribution < 1.29 is 19.1 Å². The van der Waals surface area contributed by atoms with E-state index in [4.69, 9.17) is 9.52 Å². The monoisotopic (exact) mass is 265 g/mol. The zero-order valence-electron chi connectivity index (χ0n) is 11.0. The highest BCUT2D eigenvalue weighted by Gasteiger charge is 2.26. The van der Waals surface area contributed by atoms with E-state index < -0.39 is 5.97 Å². The minimum absolute atomic E-state index is 0.0619. The standard InChI is InChI=1S/C14H19NO4/c1-9-2-7-12(19-9)8-13(16)15-11-5-3-10(4-6-11)14(17)18/h2,7,10-11H,3-6,8H2,1H3,(H,15,16)(H,17,18). The zero-order valence-corrected chi connectivity index (χ0v) is 11.0. The molecule has 1 aromatic rings. The van der Waals surface area contributed by atoms with E-state index in [0.717, 1.165) is 18.6 Å². The SMILES string of the molecule is Cc1ccc(CC(=O)NC2CCC(C(=O)O)CC2)o1. The number of carboxylic acids is 1. The molecule has 0 atom stereocenters. The fourth-order valence-corrected chi connectivity index (χ4v) is 2.50. The lowest BCUT2D eigenvalue weighted by molar-refractivity contribution is -0.142. The summed E-state index contributed by atoms with van der Waals surface area (Å²) in [5.74, 6) is 0.420. The van der Waals surface area contributed by atoms with E-state index in [1.807, 2.05) is 13.0 Å². The molecule has 1 aliphatic rings. The first-order chi connectivity index (χ1) is 9.04. The molecule has 1 amide bonds. The first-order valence-electron chi connectivity index (χ1n) is 6.62. The van der Waals surface area contributed by atoms with Crippen LogP contribution in [0.5, 0.6) is 0 Å². The summed E-state index contributed by atoms with van der Waals surface area (Å²) in [6, 6.07) is 3.73. The first-order valence-corrected chi connectivity index (χ1v) is 6.62. The van der Waals surface area contributed by atoms with Crippen LogP contribution in [0.3, 0.4) is 0 Å². The predicted molar refractivity (Wildman–Crippen MR) is 68.7 cm³/mol. The highest BCUT2D eigenvalue weighted by Crippen LogP contribution is 2.24. The zero-order chi connectivity index (χ0) is 13.8. The number of hydrogen-bond acceptors (Lipinski definition) is 3. The summed E-state index contributed by atoms with van der Waals surface area (Å²) in [7, 11) is 0. The highest BCUT2D eigenvalue weighted by atomic mass is 16.4. The summed E-state index contributed by atoms with van der Waals surface area (Å²) in [4.78, 5) is 22.6. The molecule has 0 aliphatic heterocycles. The van der Waals surface area contributed by atoms with Crippen LogP contribution < -0.4 is 5.32 Å². The molecule has 0 unspecified atom stereocenters. The van der Waals surface area contributed by atoms with Gasteiger partial charge in [0.25, 0.3) is 0 Å². The fourth-order valence-electron chi connectivity index (χ4n) is 2.50. The van der Waals surface area contributed by atoms with Crippen molar-refractivity contribution in [3.05, 3.63) is 23.7 Å². The van der Waals surface area contributed by atoms with Gasteiger partial charge >= 0.3 is 5.97 Å².